The number of hydrogen-bond acceptors (Lipinski definition) is 5. The van der Waals surface area contributed by atoms with E-state index in [1.165, 1.54) is 18.4 Å². The minimum Gasteiger partial charge on any atom is -0.465 e. The second kappa shape index (κ2) is 4.09. The van der Waals surface area contributed by atoms with Crippen LogP contribution in [0.2, 0.25) is 0 Å². The molecule has 0 fully saturated rings. The normalized spacial score (nSPS) is 10.4. The summed E-state index contributed by atoms with van der Waals surface area (Å²) in [5.41, 5.74) is 2.05. The van der Waals surface area contributed by atoms with Gasteiger partial charge in [-0.3, -0.25) is 0 Å². The summed E-state index contributed by atoms with van der Waals surface area (Å²) in [6, 6.07) is 1.98. The first kappa shape index (κ1) is 10.9. The highest BCUT2D eigenvalue weighted by Gasteiger charge is 2.23. The number of thiophene rings is 1. The molecule has 0 bridgehead atoms. The molecule has 0 spiro atoms. The zero-order valence-corrected chi connectivity index (χ0v) is 10.1. The fraction of sp³-hybridized carbons (Fsp3) is 0.273. The number of rotatable bonds is 2. The second-order valence-electron chi connectivity index (χ2n) is 3.39. The van der Waals surface area contributed by atoms with Crippen LogP contribution < -0.4 is 0 Å². The summed E-state index contributed by atoms with van der Waals surface area (Å²) in [5.74, 6) is 0.0659. The molecule has 84 valence electrons. The molecule has 0 N–H and O–H groups in total. The van der Waals surface area contributed by atoms with Crippen molar-refractivity contribution >= 4 is 17.3 Å². The van der Waals surface area contributed by atoms with Crippen molar-refractivity contribution in [3.8, 4) is 10.6 Å². The summed E-state index contributed by atoms with van der Waals surface area (Å²) < 4.78 is 9.77. The molecule has 16 heavy (non-hydrogen) atoms. The number of ether oxygens (including phenoxy) is 1. The Morgan fingerprint density at radius 3 is 2.81 bits per heavy atom. The van der Waals surface area contributed by atoms with Crippen LogP contribution in [-0.4, -0.2) is 18.2 Å². The van der Waals surface area contributed by atoms with Crippen molar-refractivity contribution in [1.29, 1.82) is 0 Å². The Labute approximate surface area is 96.8 Å². The maximum atomic E-state index is 11.6. The first-order valence-electron chi connectivity index (χ1n) is 4.74. The molecule has 2 aromatic rings. The SMILES string of the molecule is COC(=O)c1c(-c2sccc2C)noc1C. The van der Waals surface area contributed by atoms with E-state index in [9.17, 15) is 4.79 Å². The number of methoxy groups -OCH3 is 1. The number of esters is 1. The zero-order valence-electron chi connectivity index (χ0n) is 9.23. The van der Waals surface area contributed by atoms with Crippen LogP contribution in [0.3, 0.4) is 0 Å². The molecule has 0 atom stereocenters. The van der Waals surface area contributed by atoms with Gasteiger partial charge in [-0.15, -0.1) is 11.3 Å². The van der Waals surface area contributed by atoms with Crippen molar-refractivity contribution < 1.29 is 14.1 Å². The van der Waals surface area contributed by atoms with Crippen molar-refractivity contribution in [3.05, 3.63) is 28.3 Å². The molecule has 2 heterocycles. The largest absolute Gasteiger partial charge is 0.465 e. The van der Waals surface area contributed by atoms with E-state index in [1.54, 1.807) is 6.92 Å². The Balaban J connectivity index is 2.59. The average molecular weight is 237 g/mol. The highest BCUT2D eigenvalue weighted by molar-refractivity contribution is 7.13. The average Bonchev–Trinajstić information content (AvgIpc) is 2.83. The van der Waals surface area contributed by atoms with Crippen LogP contribution >= 0.6 is 11.3 Å². The van der Waals surface area contributed by atoms with Gasteiger partial charge in [0, 0.05) is 0 Å². The molecule has 0 aromatic carbocycles. The van der Waals surface area contributed by atoms with Crippen molar-refractivity contribution in [2.24, 2.45) is 0 Å². The van der Waals surface area contributed by atoms with Crippen molar-refractivity contribution in [1.82, 2.24) is 5.16 Å². The minimum atomic E-state index is -0.415. The lowest BCUT2D eigenvalue weighted by atomic mass is 10.1. The second-order valence-corrected chi connectivity index (χ2v) is 4.30. The van der Waals surface area contributed by atoms with Crippen LogP contribution in [0.5, 0.6) is 0 Å². The molecule has 0 unspecified atom stereocenters. The third-order valence-electron chi connectivity index (χ3n) is 2.33. The highest BCUT2D eigenvalue weighted by Crippen LogP contribution is 2.32. The monoisotopic (exact) mass is 237 g/mol. The molecule has 0 amide bonds. The van der Waals surface area contributed by atoms with Gasteiger partial charge in [-0.25, -0.2) is 4.79 Å². The Morgan fingerprint density at radius 2 is 2.25 bits per heavy atom. The fourth-order valence-corrected chi connectivity index (χ4v) is 2.40. The van der Waals surface area contributed by atoms with Crippen LogP contribution in [0.15, 0.2) is 16.0 Å². The molecular formula is C11H11NO3S. The zero-order chi connectivity index (χ0) is 11.7. The van der Waals surface area contributed by atoms with E-state index in [4.69, 9.17) is 9.26 Å². The number of aryl methyl sites for hydroxylation is 2. The van der Waals surface area contributed by atoms with Gasteiger partial charge < -0.3 is 9.26 Å². The lowest BCUT2D eigenvalue weighted by Crippen LogP contribution is -2.03. The topological polar surface area (TPSA) is 52.3 Å². The maximum absolute atomic E-state index is 11.6. The van der Waals surface area contributed by atoms with Gasteiger partial charge in [0.05, 0.1) is 12.0 Å². The van der Waals surface area contributed by atoms with Gasteiger partial charge in [0.2, 0.25) is 0 Å². The summed E-state index contributed by atoms with van der Waals surface area (Å²) in [6.07, 6.45) is 0. The first-order valence-corrected chi connectivity index (χ1v) is 5.62. The summed E-state index contributed by atoms with van der Waals surface area (Å²) in [6.45, 7) is 3.67. The summed E-state index contributed by atoms with van der Waals surface area (Å²) in [7, 11) is 1.35. The van der Waals surface area contributed by atoms with Crippen LogP contribution in [0.4, 0.5) is 0 Å². The van der Waals surface area contributed by atoms with Crippen LogP contribution in [0.25, 0.3) is 10.6 Å². The van der Waals surface area contributed by atoms with Gasteiger partial charge in [-0.2, -0.15) is 0 Å². The highest BCUT2D eigenvalue weighted by atomic mass is 32.1. The van der Waals surface area contributed by atoms with Crippen LogP contribution in [0.1, 0.15) is 21.7 Å². The van der Waals surface area contributed by atoms with Crippen molar-refractivity contribution in [3.63, 3.8) is 0 Å². The van der Waals surface area contributed by atoms with Gasteiger partial charge in [-0.05, 0) is 30.9 Å². The molecule has 2 aromatic heterocycles. The number of carbonyl (C=O) groups excluding carboxylic acids is 1. The third-order valence-corrected chi connectivity index (χ3v) is 3.35. The number of aromatic nitrogens is 1. The molecule has 0 saturated heterocycles. The summed E-state index contributed by atoms with van der Waals surface area (Å²) in [4.78, 5) is 12.5. The first-order chi connectivity index (χ1) is 7.65. The maximum Gasteiger partial charge on any atom is 0.343 e. The van der Waals surface area contributed by atoms with Crippen molar-refractivity contribution in [2.75, 3.05) is 7.11 Å². The number of nitrogens with zero attached hydrogens (tertiary/aromatic N) is 1. The molecule has 0 radical (unpaired) electrons. The predicted molar refractivity (Wildman–Crippen MR) is 60.6 cm³/mol. The lowest BCUT2D eigenvalue weighted by molar-refractivity contribution is 0.0599. The van der Waals surface area contributed by atoms with Crippen LogP contribution in [-0.2, 0) is 4.74 Å². The Kier molecular flexibility index (Phi) is 2.78. The van der Waals surface area contributed by atoms with E-state index in [1.807, 2.05) is 18.4 Å². The van der Waals surface area contributed by atoms with Gasteiger partial charge in [-0.1, -0.05) is 5.16 Å². The van der Waals surface area contributed by atoms with E-state index in [-0.39, 0.29) is 0 Å². The Bertz CT molecular complexity index is 527. The molecule has 0 aliphatic rings. The van der Waals surface area contributed by atoms with Gasteiger partial charge in [0.15, 0.2) is 0 Å². The lowest BCUT2D eigenvalue weighted by Gasteiger charge is -1.99. The standard InChI is InChI=1S/C11H11NO3S/c1-6-4-5-16-10(6)9-8(11(13)14-3)7(2)15-12-9/h4-5H,1-3H3. The molecule has 0 aliphatic heterocycles. The van der Waals surface area contributed by atoms with E-state index in [2.05, 4.69) is 5.16 Å². The summed E-state index contributed by atoms with van der Waals surface area (Å²) in [5, 5.41) is 5.88. The van der Waals surface area contributed by atoms with E-state index < -0.39 is 5.97 Å². The smallest absolute Gasteiger partial charge is 0.343 e. The molecule has 0 aliphatic carbocycles. The quantitative estimate of drug-likeness (QED) is 0.754. The minimum absolute atomic E-state index is 0.410. The van der Waals surface area contributed by atoms with Gasteiger partial charge >= 0.3 is 5.97 Å². The number of hydrogen-bond donors (Lipinski definition) is 0. The van der Waals surface area contributed by atoms with Gasteiger partial charge in [0.1, 0.15) is 17.0 Å². The van der Waals surface area contributed by atoms with E-state index >= 15 is 0 Å². The number of carbonyl (C=O) groups is 1. The van der Waals surface area contributed by atoms with Crippen molar-refractivity contribution in [2.45, 2.75) is 13.8 Å². The Hall–Kier alpha value is -1.62. The van der Waals surface area contributed by atoms with Gasteiger partial charge in [0.25, 0.3) is 0 Å². The molecule has 4 nitrogen and oxygen atoms in total. The molecule has 2 rings (SSSR count). The third kappa shape index (κ3) is 1.63. The fourth-order valence-electron chi connectivity index (χ4n) is 1.48. The molecular weight excluding hydrogens is 226 g/mol. The predicted octanol–water partition coefficient (Wildman–Crippen LogP) is 2.81. The molecule has 0 saturated carbocycles. The summed E-state index contributed by atoms with van der Waals surface area (Å²) >= 11 is 1.53. The van der Waals surface area contributed by atoms with Crippen LogP contribution in [0, 0.1) is 13.8 Å². The van der Waals surface area contributed by atoms with E-state index in [0.29, 0.717) is 17.0 Å². The van der Waals surface area contributed by atoms with E-state index in [0.717, 1.165) is 10.4 Å². The molecule has 5 heteroatoms. The Morgan fingerprint density at radius 1 is 1.50 bits per heavy atom.